The van der Waals surface area contributed by atoms with Gasteiger partial charge in [0, 0.05) is 51.5 Å². The van der Waals surface area contributed by atoms with Gasteiger partial charge in [0.15, 0.2) is 0 Å². The molecule has 0 atom stereocenters. The molecule has 1 fully saturated rings. The summed E-state index contributed by atoms with van der Waals surface area (Å²) in [7, 11) is 0. The molecule has 4 nitrogen and oxygen atoms in total. The van der Waals surface area contributed by atoms with Crippen molar-refractivity contribution in [3.63, 3.8) is 0 Å². The maximum absolute atomic E-state index is 11.6. The molecule has 20 heavy (non-hydrogen) atoms. The minimum absolute atomic E-state index is 0.130. The Morgan fingerprint density at radius 2 is 1.50 bits per heavy atom. The van der Waals surface area contributed by atoms with Crippen LogP contribution >= 0.6 is 0 Å². The number of hydrogen-bond donors (Lipinski definition) is 0. The molecule has 1 aliphatic heterocycles. The molecule has 1 saturated heterocycles. The first-order valence-corrected chi connectivity index (χ1v) is 8.02. The van der Waals surface area contributed by atoms with Crippen molar-refractivity contribution in [2.75, 3.05) is 39.3 Å². The number of carbonyl (C=O) groups is 2. The van der Waals surface area contributed by atoms with Gasteiger partial charge in [0.2, 0.25) is 0 Å². The zero-order valence-electron chi connectivity index (χ0n) is 13.9. The number of ketones is 2. The maximum atomic E-state index is 11.6. The van der Waals surface area contributed by atoms with Crippen LogP contribution in [0.1, 0.15) is 47.5 Å². The highest BCUT2D eigenvalue weighted by Crippen LogP contribution is 2.05. The molecule has 0 radical (unpaired) electrons. The van der Waals surface area contributed by atoms with Crippen molar-refractivity contribution >= 4 is 11.6 Å². The van der Waals surface area contributed by atoms with Gasteiger partial charge in [-0.15, -0.1) is 0 Å². The first-order valence-electron chi connectivity index (χ1n) is 8.02. The Balaban J connectivity index is 0.00000172. The summed E-state index contributed by atoms with van der Waals surface area (Å²) < 4.78 is 0. The van der Waals surface area contributed by atoms with E-state index in [1.165, 1.54) is 0 Å². The number of carbonyl (C=O) groups excluding carboxylic acids is 2. The summed E-state index contributed by atoms with van der Waals surface area (Å²) in [5.74, 6) is 0.794. The van der Waals surface area contributed by atoms with Crippen molar-refractivity contribution in [1.29, 1.82) is 0 Å². The van der Waals surface area contributed by atoms with Crippen molar-refractivity contribution in [1.82, 2.24) is 9.80 Å². The van der Waals surface area contributed by atoms with E-state index in [1.807, 2.05) is 34.6 Å². The van der Waals surface area contributed by atoms with Crippen LogP contribution in [0.5, 0.6) is 0 Å². The van der Waals surface area contributed by atoms with Gasteiger partial charge in [-0.3, -0.25) is 14.5 Å². The summed E-state index contributed by atoms with van der Waals surface area (Å²) in [6.45, 7) is 15.1. The molecule has 0 amide bonds. The normalized spacial score (nSPS) is 16.7. The van der Waals surface area contributed by atoms with Crippen LogP contribution in [0.25, 0.3) is 0 Å². The van der Waals surface area contributed by atoms with E-state index in [2.05, 4.69) is 9.80 Å². The number of nitrogens with zero attached hydrogens (tertiary/aromatic N) is 2. The minimum Gasteiger partial charge on any atom is -0.300 e. The summed E-state index contributed by atoms with van der Waals surface area (Å²) in [6.07, 6.45) is 1.31. The van der Waals surface area contributed by atoms with Gasteiger partial charge in [-0.05, 0) is 0 Å². The van der Waals surface area contributed by atoms with Crippen LogP contribution in [-0.2, 0) is 9.59 Å². The van der Waals surface area contributed by atoms with Crippen LogP contribution in [0.2, 0.25) is 0 Å². The Bertz CT molecular complexity index is 282. The van der Waals surface area contributed by atoms with E-state index in [-0.39, 0.29) is 5.92 Å². The Morgan fingerprint density at radius 1 is 1.00 bits per heavy atom. The molecule has 1 rings (SSSR count). The summed E-state index contributed by atoms with van der Waals surface area (Å²) >= 11 is 0. The maximum Gasteiger partial charge on any atom is 0.149 e. The molecule has 0 aromatic heterocycles. The van der Waals surface area contributed by atoms with Crippen LogP contribution in [0, 0.1) is 5.92 Å². The zero-order chi connectivity index (χ0) is 15.5. The first kappa shape index (κ1) is 19.3. The second-order valence-corrected chi connectivity index (χ2v) is 5.38. The van der Waals surface area contributed by atoms with Crippen LogP contribution in [0.3, 0.4) is 0 Å². The fourth-order valence-corrected chi connectivity index (χ4v) is 2.03. The van der Waals surface area contributed by atoms with Gasteiger partial charge >= 0.3 is 0 Å². The van der Waals surface area contributed by atoms with Crippen LogP contribution < -0.4 is 0 Å². The zero-order valence-corrected chi connectivity index (χ0v) is 13.9. The highest BCUT2D eigenvalue weighted by Gasteiger charge is 2.19. The summed E-state index contributed by atoms with van der Waals surface area (Å²) in [6, 6.07) is 0. The standard InChI is InChI=1S/C14H26N2O2.C2H6/c1-4-13(17)5-6-15-7-9-16(10-8-15)11-14(18)12(2)3;1-2/h12H,4-11H2,1-3H3;1-2H3. The second-order valence-electron chi connectivity index (χ2n) is 5.38. The Morgan fingerprint density at radius 3 is 1.95 bits per heavy atom. The molecule has 0 unspecified atom stereocenters. The molecule has 0 N–H and O–H groups in total. The lowest BCUT2D eigenvalue weighted by atomic mass is 10.1. The molecular weight excluding hydrogens is 252 g/mol. The Hall–Kier alpha value is -0.740. The topological polar surface area (TPSA) is 40.6 Å². The highest BCUT2D eigenvalue weighted by atomic mass is 16.1. The number of Topliss-reactive ketones (excluding diaryl/α,β-unsaturated/α-hetero) is 2. The average molecular weight is 284 g/mol. The number of piperazine rings is 1. The van der Waals surface area contributed by atoms with Crippen LogP contribution in [-0.4, -0.2) is 60.6 Å². The average Bonchev–Trinajstić information content (AvgIpc) is 2.48. The van der Waals surface area contributed by atoms with E-state index in [1.54, 1.807) is 0 Å². The van der Waals surface area contributed by atoms with Crippen LogP contribution in [0.4, 0.5) is 0 Å². The van der Waals surface area contributed by atoms with Gasteiger partial charge in [-0.25, -0.2) is 0 Å². The summed E-state index contributed by atoms with van der Waals surface area (Å²) in [5, 5.41) is 0. The van der Waals surface area contributed by atoms with E-state index < -0.39 is 0 Å². The molecule has 0 aromatic rings. The second kappa shape index (κ2) is 11.0. The van der Waals surface area contributed by atoms with Gasteiger partial charge in [0.05, 0.1) is 6.54 Å². The molecule has 0 spiro atoms. The summed E-state index contributed by atoms with van der Waals surface area (Å²) in [4.78, 5) is 27.5. The van der Waals surface area contributed by atoms with Crippen LogP contribution in [0.15, 0.2) is 0 Å². The van der Waals surface area contributed by atoms with E-state index in [0.29, 0.717) is 31.0 Å². The predicted molar refractivity (Wildman–Crippen MR) is 84.0 cm³/mol. The predicted octanol–water partition coefficient (Wildman–Crippen LogP) is 2.22. The molecule has 4 heteroatoms. The van der Waals surface area contributed by atoms with Crippen molar-refractivity contribution in [3.8, 4) is 0 Å². The van der Waals surface area contributed by atoms with Gasteiger partial charge in [-0.1, -0.05) is 34.6 Å². The molecule has 0 bridgehead atoms. The molecule has 118 valence electrons. The summed E-state index contributed by atoms with van der Waals surface area (Å²) in [5.41, 5.74) is 0. The first-order chi connectivity index (χ1) is 9.52. The SMILES string of the molecule is CC.CCC(=O)CCN1CCN(CC(=O)C(C)C)CC1. The van der Waals surface area contributed by atoms with Crippen molar-refractivity contribution in [3.05, 3.63) is 0 Å². The fourth-order valence-electron chi connectivity index (χ4n) is 2.03. The van der Waals surface area contributed by atoms with Gasteiger partial charge < -0.3 is 4.90 Å². The molecule has 0 saturated carbocycles. The van der Waals surface area contributed by atoms with E-state index in [4.69, 9.17) is 0 Å². The molecular formula is C16H32N2O2. The number of rotatable bonds is 7. The fraction of sp³-hybridized carbons (Fsp3) is 0.875. The van der Waals surface area contributed by atoms with E-state index >= 15 is 0 Å². The molecule has 1 heterocycles. The molecule has 0 aliphatic carbocycles. The largest absolute Gasteiger partial charge is 0.300 e. The lowest BCUT2D eigenvalue weighted by Crippen LogP contribution is -2.48. The van der Waals surface area contributed by atoms with Gasteiger partial charge in [0.1, 0.15) is 11.6 Å². The Labute approximate surface area is 124 Å². The van der Waals surface area contributed by atoms with Crippen molar-refractivity contribution < 1.29 is 9.59 Å². The lowest BCUT2D eigenvalue weighted by Gasteiger charge is -2.34. The van der Waals surface area contributed by atoms with Crippen molar-refractivity contribution in [2.24, 2.45) is 5.92 Å². The quantitative estimate of drug-likeness (QED) is 0.719. The smallest absolute Gasteiger partial charge is 0.149 e. The third-order valence-electron chi connectivity index (χ3n) is 3.59. The lowest BCUT2D eigenvalue weighted by molar-refractivity contribution is -0.123. The van der Waals surface area contributed by atoms with Gasteiger partial charge in [-0.2, -0.15) is 0 Å². The Kier molecular flexibility index (Phi) is 10.6. The van der Waals surface area contributed by atoms with Gasteiger partial charge in [0.25, 0.3) is 0 Å². The molecule has 1 aliphatic rings. The van der Waals surface area contributed by atoms with Crippen molar-refractivity contribution in [2.45, 2.75) is 47.5 Å². The van der Waals surface area contributed by atoms with E-state index in [9.17, 15) is 9.59 Å². The third kappa shape index (κ3) is 7.75. The molecule has 0 aromatic carbocycles. The van der Waals surface area contributed by atoms with E-state index in [0.717, 1.165) is 32.7 Å². The highest BCUT2D eigenvalue weighted by molar-refractivity contribution is 5.82. The minimum atomic E-state index is 0.130. The monoisotopic (exact) mass is 284 g/mol. The number of hydrogen-bond acceptors (Lipinski definition) is 4. The third-order valence-corrected chi connectivity index (χ3v) is 3.59.